The zero-order valence-electron chi connectivity index (χ0n) is 14.0. The number of piperidine rings is 1. The molecule has 24 heavy (non-hydrogen) atoms. The Bertz CT molecular complexity index is 747. The van der Waals surface area contributed by atoms with E-state index in [0.717, 1.165) is 18.7 Å². The molecule has 0 saturated carbocycles. The minimum Gasteiger partial charge on any atom is -0.491 e. The summed E-state index contributed by atoms with van der Waals surface area (Å²) in [5.74, 6) is 1.93. The van der Waals surface area contributed by atoms with Crippen LogP contribution in [0.2, 0.25) is 0 Å². The summed E-state index contributed by atoms with van der Waals surface area (Å²) < 4.78 is 32.7. The van der Waals surface area contributed by atoms with Gasteiger partial charge in [0.05, 0.1) is 11.0 Å². The minimum absolute atomic E-state index is 0.0630. The molecule has 1 aliphatic heterocycles. The van der Waals surface area contributed by atoms with Gasteiger partial charge in [0.25, 0.3) is 0 Å². The molecule has 1 aromatic heterocycles. The SMILES string of the molecule is CC(C)Oc1ccc(S(=O)(=O)N2CCC(c3ncc[nH]3)CC2)cc1. The van der Waals surface area contributed by atoms with E-state index in [0.29, 0.717) is 29.7 Å². The second-order valence-electron chi connectivity index (χ2n) is 6.29. The molecular formula is C17H23N3O3S. The highest BCUT2D eigenvalue weighted by Crippen LogP contribution is 2.29. The Morgan fingerprint density at radius 2 is 1.88 bits per heavy atom. The number of aromatic amines is 1. The van der Waals surface area contributed by atoms with Crippen molar-refractivity contribution in [2.45, 2.75) is 43.6 Å². The van der Waals surface area contributed by atoms with Crippen LogP contribution in [0.3, 0.4) is 0 Å². The molecule has 1 aliphatic rings. The normalized spacial score (nSPS) is 17.3. The highest BCUT2D eigenvalue weighted by Gasteiger charge is 2.30. The lowest BCUT2D eigenvalue weighted by atomic mass is 9.98. The van der Waals surface area contributed by atoms with Gasteiger partial charge in [-0.1, -0.05) is 0 Å². The Kier molecular flexibility index (Phi) is 4.91. The molecule has 0 amide bonds. The van der Waals surface area contributed by atoms with Gasteiger partial charge in [-0.2, -0.15) is 4.31 Å². The first-order chi connectivity index (χ1) is 11.5. The standard InChI is InChI=1S/C17H23N3O3S/c1-13(2)23-15-3-5-16(6-4-15)24(21,22)20-11-7-14(8-12-20)17-18-9-10-19-17/h3-6,9-10,13-14H,7-8,11-12H2,1-2H3,(H,18,19). The molecule has 2 heterocycles. The van der Waals surface area contributed by atoms with E-state index in [9.17, 15) is 8.42 Å². The van der Waals surface area contributed by atoms with Crippen LogP contribution in [0.15, 0.2) is 41.6 Å². The Morgan fingerprint density at radius 1 is 1.21 bits per heavy atom. The largest absolute Gasteiger partial charge is 0.491 e. The molecule has 0 aliphatic carbocycles. The molecule has 0 radical (unpaired) electrons. The van der Waals surface area contributed by atoms with Crippen molar-refractivity contribution in [2.75, 3.05) is 13.1 Å². The number of H-pyrrole nitrogens is 1. The van der Waals surface area contributed by atoms with Crippen LogP contribution in [-0.4, -0.2) is 41.9 Å². The zero-order chi connectivity index (χ0) is 17.2. The van der Waals surface area contributed by atoms with E-state index in [-0.39, 0.29) is 6.10 Å². The second-order valence-corrected chi connectivity index (χ2v) is 8.23. The number of nitrogens with zero attached hydrogens (tertiary/aromatic N) is 2. The summed E-state index contributed by atoms with van der Waals surface area (Å²) in [5.41, 5.74) is 0. The summed E-state index contributed by atoms with van der Waals surface area (Å²) >= 11 is 0. The Morgan fingerprint density at radius 3 is 2.42 bits per heavy atom. The zero-order valence-corrected chi connectivity index (χ0v) is 14.8. The van der Waals surface area contributed by atoms with Gasteiger partial charge in [-0.25, -0.2) is 13.4 Å². The van der Waals surface area contributed by atoms with Crippen LogP contribution in [0.5, 0.6) is 5.75 Å². The Balaban J connectivity index is 1.67. The van der Waals surface area contributed by atoms with E-state index in [1.165, 1.54) is 0 Å². The fraction of sp³-hybridized carbons (Fsp3) is 0.471. The molecule has 1 saturated heterocycles. The van der Waals surface area contributed by atoms with Gasteiger partial charge in [-0.15, -0.1) is 0 Å². The van der Waals surface area contributed by atoms with Crippen molar-refractivity contribution in [3.05, 3.63) is 42.5 Å². The third-order valence-electron chi connectivity index (χ3n) is 4.19. The first kappa shape index (κ1) is 17.0. The quantitative estimate of drug-likeness (QED) is 0.900. The van der Waals surface area contributed by atoms with Gasteiger partial charge in [0, 0.05) is 31.4 Å². The second kappa shape index (κ2) is 6.94. The monoisotopic (exact) mass is 349 g/mol. The van der Waals surface area contributed by atoms with Crippen molar-refractivity contribution in [1.29, 1.82) is 0 Å². The lowest BCUT2D eigenvalue weighted by Crippen LogP contribution is -2.38. The first-order valence-corrected chi connectivity index (χ1v) is 9.67. The van der Waals surface area contributed by atoms with Gasteiger partial charge < -0.3 is 9.72 Å². The molecule has 3 rings (SSSR count). The molecule has 1 fully saturated rings. The van der Waals surface area contributed by atoms with E-state index in [1.54, 1.807) is 41.0 Å². The predicted octanol–water partition coefficient (Wildman–Crippen LogP) is 2.77. The van der Waals surface area contributed by atoms with Gasteiger partial charge in [0.2, 0.25) is 10.0 Å². The number of imidazole rings is 1. The van der Waals surface area contributed by atoms with E-state index < -0.39 is 10.0 Å². The van der Waals surface area contributed by atoms with Gasteiger partial charge in [-0.05, 0) is 51.0 Å². The number of hydrogen-bond donors (Lipinski definition) is 1. The summed E-state index contributed by atoms with van der Waals surface area (Å²) in [7, 11) is -3.45. The summed E-state index contributed by atoms with van der Waals surface area (Å²) in [5, 5.41) is 0. The summed E-state index contributed by atoms with van der Waals surface area (Å²) in [6.07, 6.45) is 5.16. The number of nitrogens with one attached hydrogen (secondary N) is 1. The number of hydrogen-bond acceptors (Lipinski definition) is 4. The highest BCUT2D eigenvalue weighted by atomic mass is 32.2. The average molecular weight is 349 g/mol. The average Bonchev–Trinajstić information content (AvgIpc) is 3.09. The van der Waals surface area contributed by atoms with Crippen LogP contribution in [0, 0.1) is 0 Å². The molecule has 7 heteroatoms. The van der Waals surface area contributed by atoms with Gasteiger partial charge in [0.1, 0.15) is 11.6 Å². The Hall–Kier alpha value is -1.86. The summed E-state index contributed by atoms with van der Waals surface area (Å²) in [6.45, 7) is 4.90. The van der Waals surface area contributed by atoms with E-state index in [2.05, 4.69) is 9.97 Å². The fourth-order valence-electron chi connectivity index (χ4n) is 2.98. The highest BCUT2D eigenvalue weighted by molar-refractivity contribution is 7.89. The molecule has 6 nitrogen and oxygen atoms in total. The molecule has 0 atom stereocenters. The molecule has 2 aromatic rings. The van der Waals surface area contributed by atoms with Crippen molar-refractivity contribution < 1.29 is 13.2 Å². The van der Waals surface area contributed by atoms with Crippen LogP contribution in [0.4, 0.5) is 0 Å². The lowest BCUT2D eigenvalue weighted by molar-refractivity contribution is 0.242. The van der Waals surface area contributed by atoms with E-state index >= 15 is 0 Å². The Labute approximate surface area is 142 Å². The maximum atomic E-state index is 12.8. The number of ether oxygens (including phenoxy) is 1. The number of aromatic nitrogens is 2. The minimum atomic E-state index is -3.45. The van der Waals surface area contributed by atoms with Gasteiger partial charge in [-0.3, -0.25) is 0 Å². The molecule has 1 aromatic carbocycles. The topological polar surface area (TPSA) is 75.3 Å². The van der Waals surface area contributed by atoms with Crippen molar-refractivity contribution >= 4 is 10.0 Å². The molecule has 0 spiro atoms. The molecule has 130 valence electrons. The third kappa shape index (κ3) is 3.62. The first-order valence-electron chi connectivity index (χ1n) is 8.23. The van der Waals surface area contributed by atoms with E-state index in [4.69, 9.17) is 4.74 Å². The predicted molar refractivity (Wildman–Crippen MR) is 91.5 cm³/mol. The van der Waals surface area contributed by atoms with Crippen LogP contribution in [0.1, 0.15) is 38.4 Å². The maximum Gasteiger partial charge on any atom is 0.243 e. The molecule has 0 unspecified atom stereocenters. The molecule has 0 bridgehead atoms. The van der Waals surface area contributed by atoms with Crippen LogP contribution < -0.4 is 4.74 Å². The van der Waals surface area contributed by atoms with E-state index in [1.807, 2.05) is 13.8 Å². The fourth-order valence-corrected chi connectivity index (χ4v) is 4.45. The number of benzene rings is 1. The van der Waals surface area contributed by atoms with Crippen LogP contribution >= 0.6 is 0 Å². The van der Waals surface area contributed by atoms with Crippen molar-refractivity contribution in [3.8, 4) is 5.75 Å². The summed E-state index contributed by atoms with van der Waals surface area (Å²) in [4.78, 5) is 7.72. The van der Waals surface area contributed by atoms with Gasteiger partial charge >= 0.3 is 0 Å². The van der Waals surface area contributed by atoms with Crippen LogP contribution in [0.25, 0.3) is 0 Å². The van der Waals surface area contributed by atoms with Crippen LogP contribution in [-0.2, 0) is 10.0 Å². The molecule has 1 N–H and O–H groups in total. The van der Waals surface area contributed by atoms with Crippen molar-refractivity contribution in [2.24, 2.45) is 0 Å². The van der Waals surface area contributed by atoms with Crippen molar-refractivity contribution in [1.82, 2.24) is 14.3 Å². The smallest absolute Gasteiger partial charge is 0.243 e. The lowest BCUT2D eigenvalue weighted by Gasteiger charge is -2.30. The summed E-state index contributed by atoms with van der Waals surface area (Å²) in [6, 6.07) is 6.66. The van der Waals surface area contributed by atoms with Gasteiger partial charge in [0.15, 0.2) is 0 Å². The maximum absolute atomic E-state index is 12.8. The molecular weight excluding hydrogens is 326 g/mol. The third-order valence-corrected chi connectivity index (χ3v) is 6.11. The number of sulfonamides is 1. The number of rotatable bonds is 5. The van der Waals surface area contributed by atoms with Crippen molar-refractivity contribution in [3.63, 3.8) is 0 Å².